The molecule has 0 amide bonds. The van der Waals surface area contributed by atoms with Crippen molar-refractivity contribution in [1.29, 1.82) is 0 Å². The Balaban J connectivity index is 1.09. The molecule has 0 spiro atoms. The molecule has 0 saturated heterocycles. The van der Waals surface area contributed by atoms with Crippen LogP contribution in [0, 0.1) is 0 Å². The SMILES string of the molecule is c1ccc(-c2ccc(N(c3ccc(-c4cccc5ccccc45)cc3)c3ccc4sc5ccc6c7cc8ccccc8cc7oc6c5c4c3)cc2)cc1. The van der Waals surface area contributed by atoms with E-state index >= 15 is 0 Å². The molecule has 0 aliphatic rings. The van der Waals surface area contributed by atoms with Crippen LogP contribution < -0.4 is 4.90 Å². The van der Waals surface area contributed by atoms with Crippen LogP contribution in [0.2, 0.25) is 0 Å². The molecule has 2 nitrogen and oxygen atoms in total. The van der Waals surface area contributed by atoms with Crippen molar-refractivity contribution in [2.45, 2.75) is 0 Å². The lowest BCUT2D eigenvalue weighted by molar-refractivity contribution is 0.673. The Labute approximate surface area is 310 Å². The van der Waals surface area contributed by atoms with Crippen LogP contribution in [0.4, 0.5) is 17.1 Å². The smallest absolute Gasteiger partial charge is 0.144 e. The van der Waals surface area contributed by atoms with Crippen molar-refractivity contribution in [1.82, 2.24) is 0 Å². The average Bonchev–Trinajstić information content (AvgIpc) is 3.78. The predicted octanol–water partition coefficient (Wildman–Crippen LogP) is 15.1. The number of anilines is 3. The molecule has 2 aromatic heterocycles. The molecule has 0 fully saturated rings. The van der Waals surface area contributed by atoms with Gasteiger partial charge in [-0.05, 0) is 111 Å². The second kappa shape index (κ2) is 11.9. The summed E-state index contributed by atoms with van der Waals surface area (Å²) in [4.78, 5) is 2.37. The first kappa shape index (κ1) is 30.0. The van der Waals surface area contributed by atoms with Gasteiger partial charge in [0.1, 0.15) is 11.2 Å². The minimum absolute atomic E-state index is 0.924. The number of fused-ring (bicyclic) bond motifs is 9. The van der Waals surface area contributed by atoms with Gasteiger partial charge in [0, 0.05) is 48.0 Å². The van der Waals surface area contributed by atoms with Gasteiger partial charge in [-0.2, -0.15) is 0 Å². The molecule has 3 heteroatoms. The number of rotatable bonds is 5. The van der Waals surface area contributed by atoms with Crippen LogP contribution in [-0.2, 0) is 0 Å². The zero-order valence-corrected chi connectivity index (χ0v) is 29.5. The molecule has 0 aliphatic heterocycles. The molecule has 0 unspecified atom stereocenters. The van der Waals surface area contributed by atoms with Gasteiger partial charge in [0.15, 0.2) is 0 Å². The van der Waals surface area contributed by atoms with E-state index in [1.165, 1.54) is 64.0 Å². The Hall–Kier alpha value is -6.68. The number of nitrogens with zero attached hydrogens (tertiary/aromatic N) is 1. The van der Waals surface area contributed by atoms with Gasteiger partial charge in [-0.25, -0.2) is 0 Å². The number of hydrogen-bond acceptors (Lipinski definition) is 3. The molecule has 53 heavy (non-hydrogen) atoms. The second-order valence-electron chi connectivity index (χ2n) is 13.7. The van der Waals surface area contributed by atoms with Crippen molar-refractivity contribution in [3.63, 3.8) is 0 Å². The van der Waals surface area contributed by atoms with Crippen LogP contribution >= 0.6 is 11.3 Å². The minimum Gasteiger partial charge on any atom is -0.455 e. The zero-order valence-electron chi connectivity index (χ0n) is 28.7. The van der Waals surface area contributed by atoms with E-state index in [9.17, 15) is 0 Å². The van der Waals surface area contributed by atoms with Gasteiger partial charge in [-0.1, -0.05) is 121 Å². The van der Waals surface area contributed by atoms with Crippen molar-refractivity contribution in [3.05, 3.63) is 188 Å². The molecular weight excluding hydrogens is 663 g/mol. The quantitative estimate of drug-likeness (QED) is 0.178. The third kappa shape index (κ3) is 4.93. The van der Waals surface area contributed by atoms with Crippen LogP contribution in [-0.4, -0.2) is 0 Å². The number of furan rings is 1. The van der Waals surface area contributed by atoms with E-state index in [1.54, 1.807) is 0 Å². The van der Waals surface area contributed by atoms with E-state index in [-0.39, 0.29) is 0 Å². The highest BCUT2D eigenvalue weighted by atomic mass is 32.1. The molecular formula is C50H31NOS. The van der Waals surface area contributed by atoms with Crippen LogP contribution in [0.3, 0.4) is 0 Å². The summed E-state index contributed by atoms with van der Waals surface area (Å²) in [6.45, 7) is 0. The van der Waals surface area contributed by atoms with Gasteiger partial charge in [-0.3, -0.25) is 0 Å². The van der Waals surface area contributed by atoms with Gasteiger partial charge in [0.05, 0.1) is 0 Å². The predicted molar refractivity (Wildman–Crippen MR) is 227 cm³/mol. The van der Waals surface area contributed by atoms with Gasteiger partial charge in [-0.15, -0.1) is 11.3 Å². The highest BCUT2D eigenvalue weighted by Gasteiger charge is 2.19. The van der Waals surface area contributed by atoms with Crippen LogP contribution in [0.15, 0.2) is 192 Å². The maximum atomic E-state index is 6.74. The van der Waals surface area contributed by atoms with Crippen LogP contribution in [0.25, 0.3) is 85.9 Å². The van der Waals surface area contributed by atoms with Crippen molar-refractivity contribution >= 4 is 92.1 Å². The van der Waals surface area contributed by atoms with E-state index < -0.39 is 0 Å². The summed E-state index contributed by atoms with van der Waals surface area (Å²) < 4.78 is 9.22. The van der Waals surface area contributed by atoms with Crippen LogP contribution in [0.1, 0.15) is 0 Å². The molecule has 0 saturated carbocycles. The molecule has 2 heterocycles. The van der Waals surface area contributed by atoms with E-state index in [0.29, 0.717) is 0 Å². The summed E-state index contributed by atoms with van der Waals surface area (Å²) in [5.41, 5.74) is 10.0. The molecule has 11 rings (SSSR count). The maximum Gasteiger partial charge on any atom is 0.144 e. The lowest BCUT2D eigenvalue weighted by Crippen LogP contribution is -2.09. The van der Waals surface area contributed by atoms with Crippen molar-refractivity contribution < 1.29 is 4.42 Å². The fraction of sp³-hybridized carbons (Fsp3) is 0. The first-order chi connectivity index (χ1) is 26.2. The zero-order chi connectivity index (χ0) is 34.9. The lowest BCUT2D eigenvalue weighted by Gasteiger charge is -2.26. The Morgan fingerprint density at radius 1 is 0.377 bits per heavy atom. The highest BCUT2D eigenvalue weighted by Crippen LogP contribution is 2.45. The third-order valence-corrected chi connectivity index (χ3v) is 11.8. The standard InChI is InChI=1S/C50H31NOS/c1-2-9-32(10-3-1)33-17-21-38(22-18-33)51(39-23-19-35(20-24-39)42-16-8-14-34-11-6-7-15-41(34)42)40-25-27-47-45(31-40)49-48(53-47)28-26-43-44-29-36-12-4-5-13-37(36)30-46(44)52-50(43)49/h1-31H. The average molecular weight is 694 g/mol. The summed E-state index contributed by atoms with van der Waals surface area (Å²) in [6.07, 6.45) is 0. The van der Waals surface area contributed by atoms with Gasteiger partial charge < -0.3 is 9.32 Å². The first-order valence-electron chi connectivity index (χ1n) is 18.0. The van der Waals surface area contributed by atoms with E-state index in [0.717, 1.165) is 39.0 Å². The molecule has 0 atom stereocenters. The molecule has 0 aliphatic carbocycles. The molecule has 0 bridgehead atoms. The fourth-order valence-electron chi connectivity index (χ4n) is 8.05. The molecule has 9 aromatic carbocycles. The summed E-state index contributed by atoms with van der Waals surface area (Å²) in [5, 5.41) is 9.61. The maximum absolute atomic E-state index is 6.74. The second-order valence-corrected chi connectivity index (χ2v) is 14.8. The highest BCUT2D eigenvalue weighted by molar-refractivity contribution is 7.26. The number of thiophene rings is 1. The van der Waals surface area contributed by atoms with E-state index in [2.05, 4.69) is 193 Å². The van der Waals surface area contributed by atoms with Crippen LogP contribution in [0.5, 0.6) is 0 Å². The topological polar surface area (TPSA) is 16.4 Å². The van der Waals surface area contributed by atoms with Crippen molar-refractivity contribution in [2.24, 2.45) is 0 Å². The molecule has 11 aromatic rings. The normalized spacial score (nSPS) is 11.8. The van der Waals surface area contributed by atoms with E-state index in [4.69, 9.17) is 4.42 Å². The summed E-state index contributed by atoms with van der Waals surface area (Å²) in [6, 6.07) is 68.0. The first-order valence-corrected chi connectivity index (χ1v) is 18.8. The molecule has 0 N–H and O–H groups in total. The number of hydrogen-bond donors (Lipinski definition) is 0. The number of benzene rings is 9. The molecule has 0 radical (unpaired) electrons. The molecule has 248 valence electrons. The van der Waals surface area contributed by atoms with E-state index in [1.807, 2.05) is 11.3 Å². The summed E-state index contributed by atoms with van der Waals surface area (Å²) in [7, 11) is 0. The third-order valence-electron chi connectivity index (χ3n) is 10.6. The monoisotopic (exact) mass is 693 g/mol. The fourth-order valence-corrected chi connectivity index (χ4v) is 9.14. The van der Waals surface area contributed by atoms with Crippen molar-refractivity contribution in [3.8, 4) is 22.3 Å². The Bertz CT molecular complexity index is 3150. The minimum atomic E-state index is 0.924. The van der Waals surface area contributed by atoms with Crippen molar-refractivity contribution in [2.75, 3.05) is 4.90 Å². The lowest BCUT2D eigenvalue weighted by atomic mass is 9.98. The Morgan fingerprint density at radius 2 is 1.00 bits per heavy atom. The summed E-state index contributed by atoms with van der Waals surface area (Å²) in [5.74, 6) is 0. The summed E-state index contributed by atoms with van der Waals surface area (Å²) >= 11 is 1.82. The van der Waals surface area contributed by atoms with Gasteiger partial charge >= 0.3 is 0 Å². The Kier molecular flexibility index (Phi) is 6.76. The van der Waals surface area contributed by atoms with Gasteiger partial charge in [0.25, 0.3) is 0 Å². The largest absolute Gasteiger partial charge is 0.455 e. The van der Waals surface area contributed by atoms with Gasteiger partial charge in [0.2, 0.25) is 0 Å². The Morgan fingerprint density at radius 3 is 1.79 bits per heavy atom.